The molecule has 1 aliphatic rings. The average Bonchev–Trinajstić information content (AvgIpc) is 2.60. The standard InChI is InChI=1S/C18H19NO5S/c1-2-3-4-5-12-25(22,23)24-19-17(20)14-10-6-8-13-9-7-11-15(16(13)14)18(19)21/h6-11H,2-5,12H2,1H3. The molecule has 132 valence electrons. The Morgan fingerprint density at radius 1 is 0.920 bits per heavy atom. The molecule has 3 rings (SSSR count). The molecule has 25 heavy (non-hydrogen) atoms. The van der Waals surface area contributed by atoms with Crippen molar-refractivity contribution in [3.8, 4) is 0 Å². The first kappa shape index (κ1) is 17.6. The number of unbranched alkanes of at least 4 members (excludes halogenated alkanes) is 3. The molecule has 0 saturated heterocycles. The molecule has 0 unspecified atom stereocenters. The summed E-state index contributed by atoms with van der Waals surface area (Å²) in [5.41, 5.74) is 0.516. The number of hydrogen-bond donors (Lipinski definition) is 0. The molecule has 7 heteroatoms. The van der Waals surface area contributed by atoms with Gasteiger partial charge in [-0.2, -0.15) is 8.42 Å². The van der Waals surface area contributed by atoms with Crippen LogP contribution in [-0.2, 0) is 14.4 Å². The number of hydrogen-bond acceptors (Lipinski definition) is 5. The molecular weight excluding hydrogens is 342 g/mol. The van der Waals surface area contributed by atoms with Crippen molar-refractivity contribution in [2.45, 2.75) is 32.6 Å². The van der Waals surface area contributed by atoms with Crippen molar-refractivity contribution in [1.29, 1.82) is 0 Å². The summed E-state index contributed by atoms with van der Waals surface area (Å²) in [6.45, 7) is 2.02. The van der Waals surface area contributed by atoms with Crippen LogP contribution in [0, 0.1) is 0 Å². The first-order chi connectivity index (χ1) is 11.9. The summed E-state index contributed by atoms with van der Waals surface area (Å²) >= 11 is 0. The van der Waals surface area contributed by atoms with Gasteiger partial charge in [0.05, 0.1) is 16.9 Å². The first-order valence-corrected chi connectivity index (χ1v) is 9.85. The molecule has 0 radical (unpaired) electrons. The minimum absolute atomic E-state index is 0.226. The van der Waals surface area contributed by atoms with E-state index in [4.69, 9.17) is 4.28 Å². The Balaban J connectivity index is 1.87. The smallest absolute Gasteiger partial charge is 0.266 e. The molecule has 2 amide bonds. The van der Waals surface area contributed by atoms with Gasteiger partial charge in [-0.15, -0.1) is 9.35 Å². The maximum Gasteiger partial charge on any atom is 0.288 e. The molecule has 0 bridgehead atoms. The van der Waals surface area contributed by atoms with Crippen molar-refractivity contribution in [3.05, 3.63) is 47.5 Å². The molecular formula is C18H19NO5S. The number of nitrogens with zero attached hydrogens (tertiary/aromatic N) is 1. The van der Waals surface area contributed by atoms with Crippen molar-refractivity contribution >= 4 is 32.7 Å². The predicted molar refractivity (Wildman–Crippen MR) is 93.5 cm³/mol. The lowest BCUT2D eigenvalue weighted by Crippen LogP contribution is -2.42. The molecule has 0 atom stereocenters. The Morgan fingerprint density at radius 3 is 2.08 bits per heavy atom. The molecule has 0 spiro atoms. The number of imide groups is 1. The lowest BCUT2D eigenvalue weighted by atomic mass is 9.95. The van der Waals surface area contributed by atoms with E-state index in [0.717, 1.165) is 24.6 Å². The quantitative estimate of drug-likeness (QED) is 0.558. The lowest BCUT2D eigenvalue weighted by molar-refractivity contribution is -0.0155. The van der Waals surface area contributed by atoms with Crippen molar-refractivity contribution in [2.24, 2.45) is 0 Å². The highest BCUT2D eigenvalue weighted by Gasteiger charge is 2.36. The predicted octanol–water partition coefficient (Wildman–Crippen LogP) is 3.28. The normalized spacial score (nSPS) is 14.4. The van der Waals surface area contributed by atoms with Gasteiger partial charge < -0.3 is 0 Å². The van der Waals surface area contributed by atoms with Gasteiger partial charge in [0, 0.05) is 5.39 Å². The zero-order valence-electron chi connectivity index (χ0n) is 13.9. The van der Waals surface area contributed by atoms with Crippen molar-refractivity contribution in [1.82, 2.24) is 5.06 Å². The van der Waals surface area contributed by atoms with Crippen LogP contribution in [0.2, 0.25) is 0 Å². The zero-order valence-corrected chi connectivity index (χ0v) is 14.7. The minimum atomic E-state index is -4.01. The first-order valence-electron chi connectivity index (χ1n) is 8.27. The van der Waals surface area contributed by atoms with Gasteiger partial charge in [-0.25, -0.2) is 0 Å². The second-order valence-corrected chi connectivity index (χ2v) is 7.68. The fourth-order valence-corrected chi connectivity index (χ4v) is 3.93. The number of carbonyl (C=O) groups excluding carboxylic acids is 2. The topological polar surface area (TPSA) is 80.8 Å². The van der Waals surface area contributed by atoms with Gasteiger partial charge in [0.25, 0.3) is 21.9 Å². The third-order valence-electron chi connectivity index (χ3n) is 4.17. The summed E-state index contributed by atoms with van der Waals surface area (Å²) in [6, 6.07) is 10.1. The Kier molecular flexibility index (Phi) is 4.87. The molecule has 2 aromatic rings. The fourth-order valence-electron chi connectivity index (χ4n) is 2.93. The van der Waals surface area contributed by atoms with Crippen LogP contribution in [0.3, 0.4) is 0 Å². The number of amides is 2. The van der Waals surface area contributed by atoms with E-state index in [1.54, 1.807) is 36.4 Å². The molecule has 0 N–H and O–H groups in total. The SMILES string of the molecule is CCCCCCS(=O)(=O)ON1C(=O)c2cccc3cccc(c23)C1=O. The summed E-state index contributed by atoms with van der Waals surface area (Å²) in [5, 5.41) is 1.64. The molecule has 0 aromatic heterocycles. The zero-order chi connectivity index (χ0) is 18.0. The summed E-state index contributed by atoms with van der Waals surface area (Å²) in [5.74, 6) is -1.74. The van der Waals surface area contributed by atoms with Gasteiger partial charge in [-0.1, -0.05) is 50.5 Å². The van der Waals surface area contributed by atoms with Crippen molar-refractivity contribution < 1.29 is 22.3 Å². The van der Waals surface area contributed by atoms with E-state index < -0.39 is 21.9 Å². The largest absolute Gasteiger partial charge is 0.288 e. The summed E-state index contributed by atoms with van der Waals surface area (Å²) < 4.78 is 29.2. The van der Waals surface area contributed by atoms with Gasteiger partial charge in [0.2, 0.25) is 0 Å². The molecule has 1 aliphatic heterocycles. The van der Waals surface area contributed by atoms with E-state index in [9.17, 15) is 18.0 Å². The van der Waals surface area contributed by atoms with Crippen LogP contribution in [0.5, 0.6) is 0 Å². The number of rotatable bonds is 7. The molecule has 1 heterocycles. The van der Waals surface area contributed by atoms with Gasteiger partial charge >= 0.3 is 0 Å². The van der Waals surface area contributed by atoms with Crippen LogP contribution in [0.1, 0.15) is 53.3 Å². The van der Waals surface area contributed by atoms with E-state index in [-0.39, 0.29) is 16.9 Å². The summed E-state index contributed by atoms with van der Waals surface area (Å²) in [6.07, 6.45) is 3.08. The summed E-state index contributed by atoms with van der Waals surface area (Å²) in [4.78, 5) is 25.2. The van der Waals surface area contributed by atoms with Crippen LogP contribution in [0.15, 0.2) is 36.4 Å². The average molecular weight is 361 g/mol. The molecule has 0 saturated carbocycles. The Labute approximate surface area is 146 Å². The third kappa shape index (κ3) is 3.43. The van der Waals surface area contributed by atoms with Gasteiger partial charge in [-0.05, 0) is 23.9 Å². The van der Waals surface area contributed by atoms with Crippen molar-refractivity contribution in [3.63, 3.8) is 0 Å². The highest BCUT2D eigenvalue weighted by Crippen LogP contribution is 2.30. The monoisotopic (exact) mass is 361 g/mol. The van der Waals surface area contributed by atoms with Crippen LogP contribution >= 0.6 is 0 Å². The summed E-state index contributed by atoms with van der Waals surface area (Å²) in [7, 11) is -4.01. The fraction of sp³-hybridized carbons (Fsp3) is 0.333. The maximum atomic E-state index is 12.6. The number of benzene rings is 2. The van der Waals surface area contributed by atoms with Crippen LogP contribution < -0.4 is 0 Å². The minimum Gasteiger partial charge on any atom is -0.266 e. The maximum absolute atomic E-state index is 12.6. The lowest BCUT2D eigenvalue weighted by Gasteiger charge is -2.25. The molecule has 2 aromatic carbocycles. The van der Waals surface area contributed by atoms with Crippen molar-refractivity contribution in [2.75, 3.05) is 5.75 Å². The second-order valence-electron chi connectivity index (χ2n) is 6.01. The second kappa shape index (κ2) is 6.93. The molecule has 0 fully saturated rings. The van der Waals surface area contributed by atoms with E-state index in [2.05, 4.69) is 0 Å². The molecule has 6 nitrogen and oxygen atoms in total. The number of carbonyl (C=O) groups is 2. The van der Waals surface area contributed by atoms with E-state index >= 15 is 0 Å². The van der Waals surface area contributed by atoms with Crippen LogP contribution in [0.4, 0.5) is 0 Å². The highest BCUT2D eigenvalue weighted by molar-refractivity contribution is 7.86. The van der Waals surface area contributed by atoms with Gasteiger partial charge in [0.15, 0.2) is 0 Å². The Morgan fingerprint density at radius 2 is 1.52 bits per heavy atom. The Hall–Kier alpha value is -2.25. The van der Waals surface area contributed by atoms with Crippen LogP contribution in [0.25, 0.3) is 10.8 Å². The Bertz CT molecular complexity index is 885. The van der Waals surface area contributed by atoms with Crippen LogP contribution in [-0.4, -0.2) is 31.0 Å². The third-order valence-corrected chi connectivity index (χ3v) is 5.34. The van der Waals surface area contributed by atoms with Gasteiger partial charge in [-0.3, -0.25) is 9.59 Å². The van der Waals surface area contributed by atoms with Gasteiger partial charge in [0.1, 0.15) is 0 Å². The van der Waals surface area contributed by atoms with E-state index in [1.807, 2.05) is 6.92 Å². The van der Waals surface area contributed by atoms with E-state index in [1.165, 1.54) is 0 Å². The molecule has 0 aliphatic carbocycles. The highest BCUT2D eigenvalue weighted by atomic mass is 32.2. The van der Waals surface area contributed by atoms with E-state index in [0.29, 0.717) is 16.9 Å². The number of hydroxylamine groups is 2.